The zero-order chi connectivity index (χ0) is 22.2. The molecule has 0 spiro atoms. The number of aryl methyl sites for hydroxylation is 1. The maximum atomic E-state index is 12.9. The Kier molecular flexibility index (Phi) is 6.85. The van der Waals surface area contributed by atoms with E-state index in [9.17, 15) is 18.8 Å². The largest absolute Gasteiger partial charge is 0.329 e. The summed E-state index contributed by atoms with van der Waals surface area (Å²) in [5.41, 5.74) is 4.59. The number of rotatable bonds is 5. The number of carbonyl (C=O) groups excluding carboxylic acids is 3. The van der Waals surface area contributed by atoms with E-state index in [1.807, 2.05) is 25.1 Å². The molecule has 0 aliphatic carbocycles. The molecule has 8 heteroatoms. The van der Waals surface area contributed by atoms with Crippen LogP contribution in [0, 0.1) is 12.7 Å². The highest BCUT2D eigenvalue weighted by molar-refractivity contribution is 6.40. The Morgan fingerprint density at radius 3 is 2.35 bits per heavy atom. The van der Waals surface area contributed by atoms with Crippen molar-refractivity contribution in [3.63, 3.8) is 0 Å². The lowest BCUT2D eigenvalue weighted by molar-refractivity contribution is -0.136. The molecule has 31 heavy (non-hydrogen) atoms. The third-order valence-corrected chi connectivity index (χ3v) is 4.15. The lowest BCUT2D eigenvalue weighted by atomic mass is 10.1. The van der Waals surface area contributed by atoms with Gasteiger partial charge in [-0.1, -0.05) is 36.4 Å². The van der Waals surface area contributed by atoms with Crippen LogP contribution in [-0.2, 0) is 9.59 Å². The van der Waals surface area contributed by atoms with Crippen molar-refractivity contribution in [1.29, 1.82) is 0 Å². The van der Waals surface area contributed by atoms with Gasteiger partial charge in [-0.2, -0.15) is 5.10 Å². The number of anilines is 2. The van der Waals surface area contributed by atoms with Gasteiger partial charge in [-0.15, -0.1) is 0 Å². The number of carbonyl (C=O) groups is 3. The van der Waals surface area contributed by atoms with E-state index in [0.717, 1.165) is 5.56 Å². The first kappa shape index (κ1) is 21.4. The van der Waals surface area contributed by atoms with Crippen LogP contribution in [0.4, 0.5) is 15.8 Å². The van der Waals surface area contributed by atoms with E-state index in [1.54, 1.807) is 18.2 Å². The molecule has 3 aromatic carbocycles. The summed E-state index contributed by atoms with van der Waals surface area (Å²) < 4.78 is 12.9. The Hall–Kier alpha value is -4.33. The van der Waals surface area contributed by atoms with Crippen LogP contribution in [0.2, 0.25) is 0 Å². The number of hydrogen-bond donors (Lipinski definition) is 3. The SMILES string of the molecule is Cc1cccc(NC(=O)c2ccccc2NC(=O)C(=O)NN=Cc2ccc(F)cc2)c1. The van der Waals surface area contributed by atoms with Crippen molar-refractivity contribution in [3.8, 4) is 0 Å². The maximum absolute atomic E-state index is 12.9. The number of halogens is 1. The van der Waals surface area contributed by atoms with Gasteiger partial charge in [-0.05, 0) is 54.4 Å². The summed E-state index contributed by atoms with van der Waals surface area (Å²) in [6.07, 6.45) is 1.27. The molecule has 156 valence electrons. The third-order valence-electron chi connectivity index (χ3n) is 4.15. The van der Waals surface area contributed by atoms with Crippen LogP contribution < -0.4 is 16.1 Å². The van der Waals surface area contributed by atoms with Crippen LogP contribution in [0.3, 0.4) is 0 Å². The van der Waals surface area contributed by atoms with Gasteiger partial charge in [0.05, 0.1) is 17.5 Å². The molecule has 3 amide bonds. The Balaban J connectivity index is 1.63. The lowest BCUT2D eigenvalue weighted by Crippen LogP contribution is -2.33. The van der Waals surface area contributed by atoms with E-state index in [-0.39, 0.29) is 11.3 Å². The third kappa shape index (κ3) is 6.07. The number of hydrazone groups is 1. The van der Waals surface area contributed by atoms with Gasteiger partial charge in [0.1, 0.15) is 5.82 Å². The van der Waals surface area contributed by atoms with Crippen LogP contribution in [0.5, 0.6) is 0 Å². The average Bonchev–Trinajstić information content (AvgIpc) is 2.75. The highest BCUT2D eigenvalue weighted by Gasteiger charge is 2.17. The van der Waals surface area contributed by atoms with E-state index in [2.05, 4.69) is 21.2 Å². The number of para-hydroxylation sites is 1. The molecular formula is C23H19FN4O3. The summed E-state index contributed by atoms with van der Waals surface area (Å²) in [7, 11) is 0. The molecule has 0 bridgehead atoms. The van der Waals surface area contributed by atoms with Crippen molar-refractivity contribution >= 4 is 35.3 Å². The minimum Gasteiger partial charge on any atom is -0.322 e. The molecule has 0 aromatic heterocycles. The van der Waals surface area contributed by atoms with Crippen LogP contribution in [0.1, 0.15) is 21.5 Å². The van der Waals surface area contributed by atoms with E-state index < -0.39 is 23.5 Å². The molecule has 0 saturated heterocycles. The predicted molar refractivity (Wildman–Crippen MR) is 116 cm³/mol. The normalized spacial score (nSPS) is 10.5. The van der Waals surface area contributed by atoms with Crippen molar-refractivity contribution in [3.05, 3.63) is 95.3 Å². The van der Waals surface area contributed by atoms with Crippen LogP contribution in [0.25, 0.3) is 0 Å². The van der Waals surface area contributed by atoms with Gasteiger partial charge in [-0.3, -0.25) is 14.4 Å². The topological polar surface area (TPSA) is 99.7 Å². The smallest absolute Gasteiger partial charge is 0.322 e. The molecule has 3 aromatic rings. The number of benzene rings is 3. The van der Waals surface area contributed by atoms with Crippen molar-refractivity contribution in [1.82, 2.24) is 5.43 Å². The summed E-state index contributed by atoms with van der Waals surface area (Å²) >= 11 is 0. The average molecular weight is 418 g/mol. The predicted octanol–water partition coefficient (Wildman–Crippen LogP) is 3.48. The molecule has 0 aliphatic rings. The van der Waals surface area contributed by atoms with Gasteiger partial charge in [0, 0.05) is 5.69 Å². The highest BCUT2D eigenvalue weighted by Crippen LogP contribution is 2.18. The van der Waals surface area contributed by atoms with Gasteiger partial charge in [-0.25, -0.2) is 9.82 Å². The molecule has 0 radical (unpaired) electrons. The van der Waals surface area contributed by atoms with Gasteiger partial charge in [0.2, 0.25) is 0 Å². The minimum absolute atomic E-state index is 0.176. The van der Waals surface area contributed by atoms with Crippen molar-refractivity contribution in [2.45, 2.75) is 6.92 Å². The molecule has 7 nitrogen and oxygen atoms in total. The van der Waals surface area contributed by atoms with Gasteiger partial charge in [0.25, 0.3) is 5.91 Å². The summed E-state index contributed by atoms with van der Waals surface area (Å²) in [5, 5.41) is 8.83. The first-order valence-corrected chi connectivity index (χ1v) is 9.29. The molecule has 0 atom stereocenters. The molecular weight excluding hydrogens is 399 g/mol. The molecule has 0 saturated carbocycles. The van der Waals surface area contributed by atoms with E-state index in [4.69, 9.17) is 0 Å². The highest BCUT2D eigenvalue weighted by atomic mass is 19.1. The molecule has 0 fully saturated rings. The summed E-state index contributed by atoms with van der Waals surface area (Å²) in [6, 6.07) is 19.0. The first-order valence-electron chi connectivity index (χ1n) is 9.29. The second-order valence-electron chi connectivity index (χ2n) is 6.57. The van der Waals surface area contributed by atoms with Crippen molar-refractivity contribution in [2.24, 2.45) is 5.10 Å². The van der Waals surface area contributed by atoms with Gasteiger partial charge >= 0.3 is 11.8 Å². The summed E-state index contributed by atoms with van der Waals surface area (Å²) in [4.78, 5) is 36.8. The van der Waals surface area contributed by atoms with Crippen LogP contribution in [0.15, 0.2) is 77.9 Å². The second-order valence-corrected chi connectivity index (χ2v) is 6.57. The van der Waals surface area contributed by atoms with Crippen molar-refractivity contribution < 1.29 is 18.8 Å². The Bertz CT molecular complexity index is 1140. The zero-order valence-corrected chi connectivity index (χ0v) is 16.6. The fourth-order valence-corrected chi connectivity index (χ4v) is 2.66. The van der Waals surface area contributed by atoms with Crippen LogP contribution >= 0.6 is 0 Å². The molecule has 3 N–H and O–H groups in total. The maximum Gasteiger partial charge on any atom is 0.329 e. The first-order chi connectivity index (χ1) is 14.9. The zero-order valence-electron chi connectivity index (χ0n) is 16.6. The minimum atomic E-state index is -1.02. The van der Waals surface area contributed by atoms with Crippen LogP contribution in [-0.4, -0.2) is 23.9 Å². The second kappa shape index (κ2) is 9.93. The Labute approximate surface area is 178 Å². The van der Waals surface area contributed by atoms with E-state index >= 15 is 0 Å². The Morgan fingerprint density at radius 2 is 1.61 bits per heavy atom. The monoisotopic (exact) mass is 418 g/mol. The fourth-order valence-electron chi connectivity index (χ4n) is 2.66. The number of hydrogen-bond acceptors (Lipinski definition) is 4. The fraction of sp³-hybridized carbons (Fsp3) is 0.0435. The summed E-state index contributed by atoms with van der Waals surface area (Å²) in [5.74, 6) is -2.85. The lowest BCUT2D eigenvalue weighted by Gasteiger charge is -2.11. The molecule has 0 unspecified atom stereocenters. The number of nitrogens with one attached hydrogen (secondary N) is 3. The molecule has 0 heterocycles. The Morgan fingerprint density at radius 1 is 0.871 bits per heavy atom. The number of amides is 3. The summed E-state index contributed by atoms with van der Waals surface area (Å²) in [6.45, 7) is 1.90. The molecule has 3 rings (SSSR count). The van der Waals surface area contributed by atoms with Gasteiger partial charge in [0.15, 0.2) is 0 Å². The van der Waals surface area contributed by atoms with E-state index in [1.165, 1.54) is 42.6 Å². The quantitative estimate of drug-likeness (QED) is 0.336. The van der Waals surface area contributed by atoms with Gasteiger partial charge < -0.3 is 10.6 Å². The van der Waals surface area contributed by atoms with E-state index in [0.29, 0.717) is 11.3 Å². The standard InChI is InChI=1S/C23H19FN4O3/c1-15-5-4-6-18(13-15)26-21(29)19-7-2-3-8-20(19)27-22(30)23(31)28-25-14-16-9-11-17(24)12-10-16/h2-14H,1H3,(H,26,29)(H,27,30)(H,28,31). The van der Waals surface area contributed by atoms with Crippen molar-refractivity contribution in [2.75, 3.05) is 10.6 Å². The number of nitrogens with zero attached hydrogens (tertiary/aromatic N) is 1. The molecule has 0 aliphatic heterocycles.